The van der Waals surface area contributed by atoms with Gasteiger partial charge in [-0.3, -0.25) is 0 Å². The molecule has 2 nitrogen and oxygen atoms in total. The van der Waals surface area contributed by atoms with E-state index in [9.17, 15) is 5.11 Å². The van der Waals surface area contributed by atoms with Gasteiger partial charge in [0, 0.05) is 5.75 Å². The van der Waals surface area contributed by atoms with Gasteiger partial charge in [-0.1, -0.05) is 127 Å². The molecule has 0 saturated heterocycles. The highest BCUT2D eigenvalue weighted by atomic mass is 32.2. The van der Waals surface area contributed by atoms with Gasteiger partial charge < -0.3 is 9.84 Å². The first-order chi connectivity index (χ1) is 15.4. The van der Waals surface area contributed by atoms with Crippen molar-refractivity contribution in [2.24, 2.45) is 0 Å². The Bertz CT molecular complexity index is 465. The van der Waals surface area contributed by atoms with Crippen LogP contribution in [0.1, 0.15) is 109 Å². The van der Waals surface area contributed by atoms with Crippen LogP contribution in [-0.4, -0.2) is 35.9 Å². The smallest absolute Gasteiger partial charge is 0.0895 e. The number of benzene rings is 1. The second-order valence-electron chi connectivity index (χ2n) is 8.94. The van der Waals surface area contributed by atoms with Crippen LogP contribution < -0.4 is 0 Å². The van der Waals surface area contributed by atoms with Crippen molar-refractivity contribution in [2.75, 3.05) is 24.7 Å². The summed E-state index contributed by atoms with van der Waals surface area (Å²) in [7, 11) is 0. The first-order valence-corrected chi connectivity index (χ1v) is 14.4. The summed E-state index contributed by atoms with van der Waals surface area (Å²) in [6.45, 7) is 3.10. The van der Waals surface area contributed by atoms with Crippen LogP contribution in [0.5, 0.6) is 0 Å². The topological polar surface area (TPSA) is 29.5 Å². The third-order valence-electron chi connectivity index (χ3n) is 5.99. The maximum Gasteiger partial charge on any atom is 0.0895 e. The first kappa shape index (κ1) is 28.5. The molecule has 180 valence electrons. The largest absolute Gasteiger partial charge is 0.394 e. The van der Waals surface area contributed by atoms with E-state index >= 15 is 0 Å². The Morgan fingerprint density at radius 1 is 0.742 bits per heavy atom. The molecule has 1 aromatic rings. The van der Waals surface area contributed by atoms with Gasteiger partial charge in [0.05, 0.1) is 19.3 Å². The summed E-state index contributed by atoms with van der Waals surface area (Å²) < 4.78 is 5.85. The highest BCUT2D eigenvalue weighted by Crippen LogP contribution is 2.15. The zero-order chi connectivity index (χ0) is 22.2. The van der Waals surface area contributed by atoms with Gasteiger partial charge in [-0.25, -0.2) is 0 Å². The Morgan fingerprint density at radius 2 is 1.26 bits per heavy atom. The maximum atomic E-state index is 9.52. The van der Waals surface area contributed by atoms with E-state index < -0.39 is 0 Å². The molecule has 1 rings (SSSR count). The van der Waals surface area contributed by atoms with Gasteiger partial charge >= 0.3 is 0 Å². The number of hydrogen-bond acceptors (Lipinski definition) is 3. The average molecular weight is 451 g/mol. The van der Waals surface area contributed by atoms with Crippen LogP contribution >= 0.6 is 11.8 Å². The lowest BCUT2D eigenvalue weighted by molar-refractivity contribution is 0.0297. The van der Waals surface area contributed by atoms with Crippen LogP contribution in [0.4, 0.5) is 0 Å². The lowest BCUT2D eigenvalue weighted by Crippen LogP contribution is -2.22. The predicted octanol–water partition coefficient (Wildman–Crippen LogP) is 8.21. The van der Waals surface area contributed by atoms with Crippen molar-refractivity contribution in [3.05, 3.63) is 35.9 Å². The fourth-order valence-electron chi connectivity index (χ4n) is 3.93. The fraction of sp³-hybridized carbons (Fsp3) is 0.786. The molecule has 0 aliphatic carbocycles. The second-order valence-corrected chi connectivity index (χ2v) is 10.1. The molecular weight excluding hydrogens is 400 g/mol. The van der Waals surface area contributed by atoms with Crippen LogP contribution in [0.25, 0.3) is 0 Å². The molecule has 0 amide bonds. The van der Waals surface area contributed by atoms with Crippen LogP contribution in [-0.2, 0) is 11.2 Å². The van der Waals surface area contributed by atoms with Crippen LogP contribution in [0.2, 0.25) is 0 Å². The minimum Gasteiger partial charge on any atom is -0.394 e. The van der Waals surface area contributed by atoms with Gasteiger partial charge in [-0.2, -0.15) is 11.8 Å². The van der Waals surface area contributed by atoms with Crippen molar-refractivity contribution >= 4 is 11.8 Å². The first-order valence-electron chi connectivity index (χ1n) is 13.2. The summed E-state index contributed by atoms with van der Waals surface area (Å²) in [4.78, 5) is 0. The number of ether oxygens (including phenoxy) is 1. The highest BCUT2D eigenvalue weighted by molar-refractivity contribution is 7.99. The number of unbranched alkanes of at least 4 members (excludes halogenated alkanes) is 14. The average Bonchev–Trinajstić information content (AvgIpc) is 2.80. The summed E-state index contributed by atoms with van der Waals surface area (Å²) in [6, 6.07) is 10.4. The van der Waals surface area contributed by atoms with Crippen LogP contribution in [0, 0.1) is 0 Å². The van der Waals surface area contributed by atoms with Crippen molar-refractivity contribution in [1.82, 2.24) is 0 Å². The van der Waals surface area contributed by atoms with Gasteiger partial charge in [0.2, 0.25) is 0 Å². The SMILES string of the molecule is CCCCCCCCCCCCCCCCCSCC(CO)OCCc1ccccc1. The van der Waals surface area contributed by atoms with Crippen molar-refractivity contribution < 1.29 is 9.84 Å². The molecule has 0 aliphatic rings. The van der Waals surface area contributed by atoms with Crippen molar-refractivity contribution in [1.29, 1.82) is 0 Å². The zero-order valence-corrected chi connectivity index (χ0v) is 21.2. The summed E-state index contributed by atoms with van der Waals surface area (Å²) >= 11 is 1.93. The molecule has 31 heavy (non-hydrogen) atoms. The number of aliphatic hydroxyl groups is 1. The van der Waals surface area contributed by atoms with Gasteiger partial charge in [0.15, 0.2) is 0 Å². The van der Waals surface area contributed by atoms with E-state index in [0.717, 1.165) is 12.2 Å². The molecule has 0 aromatic heterocycles. The van der Waals surface area contributed by atoms with E-state index in [-0.39, 0.29) is 12.7 Å². The van der Waals surface area contributed by atoms with E-state index in [4.69, 9.17) is 4.74 Å². The fourth-order valence-corrected chi connectivity index (χ4v) is 4.97. The second kappa shape index (κ2) is 22.7. The van der Waals surface area contributed by atoms with E-state index in [1.807, 2.05) is 17.8 Å². The molecule has 3 heteroatoms. The minimum atomic E-state index is -0.0231. The summed E-state index contributed by atoms with van der Waals surface area (Å²) in [6.07, 6.45) is 22.1. The maximum absolute atomic E-state index is 9.52. The Hall–Kier alpha value is -0.510. The van der Waals surface area contributed by atoms with Gasteiger partial charge in [-0.05, 0) is 24.2 Å². The lowest BCUT2D eigenvalue weighted by Gasteiger charge is -2.15. The molecule has 0 saturated carbocycles. The molecule has 0 fully saturated rings. The third kappa shape index (κ3) is 18.7. The molecule has 1 atom stereocenters. The Balaban J connectivity index is 1.79. The van der Waals surface area contributed by atoms with Crippen molar-refractivity contribution in [3.8, 4) is 0 Å². The number of aliphatic hydroxyl groups excluding tert-OH is 1. The standard InChI is InChI=1S/C28H50O2S/c1-2-3-4-5-6-7-8-9-10-11-12-13-14-15-19-24-31-26-28(25-29)30-23-22-27-20-17-16-18-21-27/h16-18,20-21,28-29H,2-15,19,22-26H2,1H3. The summed E-state index contributed by atoms with van der Waals surface area (Å²) in [5.41, 5.74) is 1.30. The van der Waals surface area contributed by atoms with Crippen molar-refractivity contribution in [3.63, 3.8) is 0 Å². The zero-order valence-electron chi connectivity index (χ0n) is 20.4. The summed E-state index contributed by atoms with van der Waals surface area (Å²) in [5, 5.41) is 9.52. The quantitative estimate of drug-likeness (QED) is 0.170. The van der Waals surface area contributed by atoms with Gasteiger partial charge in [0.1, 0.15) is 0 Å². The van der Waals surface area contributed by atoms with E-state index in [0.29, 0.717) is 6.61 Å². The number of thioether (sulfide) groups is 1. The molecular formula is C28H50O2S. The van der Waals surface area contributed by atoms with Crippen LogP contribution in [0.3, 0.4) is 0 Å². The Labute approximate surface area is 197 Å². The normalized spacial score (nSPS) is 12.3. The highest BCUT2D eigenvalue weighted by Gasteiger charge is 2.07. The third-order valence-corrected chi connectivity index (χ3v) is 7.17. The monoisotopic (exact) mass is 450 g/mol. The molecule has 0 radical (unpaired) electrons. The van der Waals surface area contributed by atoms with E-state index in [2.05, 4.69) is 31.2 Å². The number of rotatable bonds is 23. The Kier molecular flexibility index (Phi) is 20.9. The van der Waals surface area contributed by atoms with E-state index in [1.54, 1.807) is 0 Å². The number of hydrogen-bond donors (Lipinski definition) is 1. The molecule has 1 aromatic carbocycles. The molecule has 1 unspecified atom stereocenters. The van der Waals surface area contributed by atoms with Crippen molar-refractivity contribution in [2.45, 2.75) is 116 Å². The van der Waals surface area contributed by atoms with Gasteiger partial charge in [-0.15, -0.1) is 0 Å². The lowest BCUT2D eigenvalue weighted by atomic mass is 10.0. The minimum absolute atomic E-state index is 0.0231. The van der Waals surface area contributed by atoms with Crippen LogP contribution in [0.15, 0.2) is 30.3 Å². The predicted molar refractivity (Wildman–Crippen MR) is 139 cm³/mol. The molecule has 0 spiro atoms. The summed E-state index contributed by atoms with van der Waals surface area (Å²) in [5.74, 6) is 2.10. The molecule has 0 bridgehead atoms. The molecule has 1 N–H and O–H groups in total. The molecule has 0 heterocycles. The van der Waals surface area contributed by atoms with Gasteiger partial charge in [0.25, 0.3) is 0 Å². The van der Waals surface area contributed by atoms with E-state index in [1.165, 1.54) is 108 Å². The Morgan fingerprint density at radius 3 is 1.77 bits per heavy atom. The molecule has 0 aliphatic heterocycles.